The molecule has 0 aromatic heterocycles. The SMILES string of the molecule is C#Cc1ccccc1C(C(=O)Nc1c(C)cccc1Cl)N(CCC)C(=O)C(Cc1ccccc1)NC(=O)OC(C)(C)C. The van der Waals surface area contributed by atoms with Gasteiger partial charge in [0.25, 0.3) is 5.91 Å². The Morgan fingerprint density at radius 1 is 1.00 bits per heavy atom. The molecule has 3 aromatic carbocycles. The molecule has 0 radical (unpaired) electrons. The summed E-state index contributed by atoms with van der Waals surface area (Å²) in [5.74, 6) is 1.72. The Morgan fingerprint density at radius 2 is 1.67 bits per heavy atom. The topological polar surface area (TPSA) is 87.7 Å². The molecule has 0 heterocycles. The van der Waals surface area contributed by atoms with Crippen LogP contribution in [0.15, 0.2) is 72.8 Å². The van der Waals surface area contributed by atoms with Gasteiger partial charge in [-0.25, -0.2) is 4.79 Å². The number of terminal acetylenes is 1. The fourth-order valence-electron chi connectivity index (χ4n) is 4.61. The minimum atomic E-state index is -1.11. The summed E-state index contributed by atoms with van der Waals surface area (Å²) in [5, 5.41) is 6.06. The summed E-state index contributed by atoms with van der Waals surface area (Å²) < 4.78 is 5.49. The molecule has 2 unspecified atom stereocenters. The van der Waals surface area contributed by atoms with Crippen LogP contribution in [-0.2, 0) is 20.7 Å². The molecule has 2 atom stereocenters. The van der Waals surface area contributed by atoms with Crippen molar-refractivity contribution in [3.05, 3.63) is 100 Å². The van der Waals surface area contributed by atoms with Crippen molar-refractivity contribution in [2.45, 2.75) is 65.1 Å². The second-order valence-corrected chi connectivity index (χ2v) is 11.4. The Morgan fingerprint density at radius 3 is 2.29 bits per heavy atom. The molecule has 42 heavy (non-hydrogen) atoms. The van der Waals surface area contributed by atoms with E-state index in [2.05, 4.69) is 16.6 Å². The van der Waals surface area contributed by atoms with E-state index in [9.17, 15) is 14.4 Å². The summed E-state index contributed by atoms with van der Waals surface area (Å²) in [4.78, 5) is 43.0. The molecule has 0 bridgehead atoms. The van der Waals surface area contributed by atoms with E-state index in [1.165, 1.54) is 4.90 Å². The lowest BCUT2D eigenvalue weighted by molar-refractivity contribution is -0.140. The number of rotatable bonds is 10. The number of carbonyl (C=O) groups is 3. The zero-order valence-electron chi connectivity index (χ0n) is 24.7. The predicted octanol–water partition coefficient (Wildman–Crippen LogP) is 6.68. The molecule has 3 amide bonds. The fourth-order valence-corrected chi connectivity index (χ4v) is 4.88. The number of nitrogens with zero attached hydrogens (tertiary/aromatic N) is 1. The standard InChI is InChI=1S/C34H38ClN3O4/c1-7-21-38(32(40)28(22-24-16-10-9-11-17-24)36-33(41)42-34(4,5)6)30(26-19-13-12-18-25(26)8-2)31(39)37-29-23(3)15-14-20-27(29)35/h2,9-20,28,30H,7,21-22H2,1,3-6H3,(H,36,41)(H,37,39). The van der Waals surface area contributed by atoms with Crippen LogP contribution in [0.25, 0.3) is 0 Å². The maximum absolute atomic E-state index is 14.4. The molecule has 8 heteroatoms. The number of aryl methyl sites for hydroxylation is 1. The number of halogens is 1. The summed E-state index contributed by atoms with van der Waals surface area (Å²) in [7, 11) is 0. The number of hydrogen-bond donors (Lipinski definition) is 2. The maximum atomic E-state index is 14.4. The molecule has 0 aliphatic rings. The minimum Gasteiger partial charge on any atom is -0.444 e. The van der Waals surface area contributed by atoms with E-state index < -0.39 is 35.6 Å². The van der Waals surface area contributed by atoms with Gasteiger partial charge in [0.05, 0.1) is 10.7 Å². The predicted molar refractivity (Wildman–Crippen MR) is 167 cm³/mol. The molecule has 0 aliphatic heterocycles. The van der Waals surface area contributed by atoms with E-state index in [1.807, 2.05) is 50.2 Å². The highest BCUT2D eigenvalue weighted by atomic mass is 35.5. The van der Waals surface area contributed by atoms with Crippen molar-refractivity contribution in [2.75, 3.05) is 11.9 Å². The van der Waals surface area contributed by atoms with Gasteiger partial charge in [-0.1, -0.05) is 85.1 Å². The lowest BCUT2D eigenvalue weighted by atomic mass is 9.96. The lowest BCUT2D eigenvalue weighted by Gasteiger charge is -2.35. The molecule has 0 spiro atoms. The molecule has 0 fully saturated rings. The van der Waals surface area contributed by atoms with Crippen LogP contribution in [0.4, 0.5) is 10.5 Å². The highest BCUT2D eigenvalue weighted by molar-refractivity contribution is 6.34. The quantitative estimate of drug-likeness (QED) is 0.259. The first-order chi connectivity index (χ1) is 19.9. The van der Waals surface area contributed by atoms with E-state index >= 15 is 0 Å². The van der Waals surface area contributed by atoms with Crippen molar-refractivity contribution in [2.24, 2.45) is 0 Å². The summed E-state index contributed by atoms with van der Waals surface area (Å²) in [6.07, 6.45) is 5.85. The third kappa shape index (κ3) is 8.61. The summed E-state index contributed by atoms with van der Waals surface area (Å²) in [6, 6.07) is 19.5. The van der Waals surface area contributed by atoms with Crippen molar-refractivity contribution >= 4 is 35.2 Å². The highest BCUT2D eigenvalue weighted by Crippen LogP contribution is 2.31. The van der Waals surface area contributed by atoms with Gasteiger partial charge in [0, 0.05) is 18.5 Å². The molecular weight excluding hydrogens is 550 g/mol. The molecule has 0 saturated carbocycles. The zero-order valence-corrected chi connectivity index (χ0v) is 25.5. The number of ether oxygens (including phenoxy) is 1. The minimum absolute atomic E-state index is 0.188. The lowest BCUT2D eigenvalue weighted by Crippen LogP contribution is -2.53. The van der Waals surface area contributed by atoms with Gasteiger partial charge in [0.2, 0.25) is 5.91 Å². The monoisotopic (exact) mass is 587 g/mol. The molecule has 7 nitrogen and oxygen atoms in total. The van der Waals surface area contributed by atoms with E-state index in [1.54, 1.807) is 57.2 Å². The van der Waals surface area contributed by atoms with Crippen LogP contribution in [0.1, 0.15) is 62.4 Å². The first-order valence-corrected chi connectivity index (χ1v) is 14.3. The van der Waals surface area contributed by atoms with Gasteiger partial charge >= 0.3 is 6.09 Å². The van der Waals surface area contributed by atoms with Crippen LogP contribution in [0.5, 0.6) is 0 Å². The Hall–Kier alpha value is -4.28. The van der Waals surface area contributed by atoms with Crippen LogP contribution in [0.2, 0.25) is 5.02 Å². The zero-order chi connectivity index (χ0) is 30.9. The molecule has 220 valence electrons. The molecule has 0 saturated heterocycles. The van der Waals surface area contributed by atoms with Crippen LogP contribution < -0.4 is 10.6 Å². The van der Waals surface area contributed by atoms with Gasteiger partial charge in [0.15, 0.2) is 0 Å². The number of benzene rings is 3. The highest BCUT2D eigenvalue weighted by Gasteiger charge is 2.37. The van der Waals surface area contributed by atoms with Crippen molar-refractivity contribution < 1.29 is 19.1 Å². The molecule has 2 N–H and O–H groups in total. The number of anilines is 1. The average Bonchev–Trinajstić information content (AvgIpc) is 2.94. The molecule has 0 aliphatic carbocycles. The normalized spacial score (nSPS) is 12.4. The summed E-state index contributed by atoms with van der Waals surface area (Å²) >= 11 is 6.45. The number of amides is 3. The van der Waals surface area contributed by atoms with Gasteiger partial charge in [0.1, 0.15) is 17.7 Å². The van der Waals surface area contributed by atoms with E-state index in [4.69, 9.17) is 22.8 Å². The second kappa shape index (κ2) is 14.6. The van der Waals surface area contributed by atoms with Crippen molar-refractivity contribution in [3.8, 4) is 12.3 Å². The number of nitrogens with one attached hydrogen (secondary N) is 2. The Kier molecular flexibility index (Phi) is 11.2. The van der Waals surface area contributed by atoms with Gasteiger partial charge in [-0.2, -0.15) is 0 Å². The van der Waals surface area contributed by atoms with Crippen LogP contribution in [-0.4, -0.2) is 41.0 Å². The summed E-state index contributed by atoms with van der Waals surface area (Å²) in [6.45, 7) is 9.21. The number of alkyl carbamates (subject to hydrolysis) is 1. The van der Waals surface area contributed by atoms with E-state index in [0.29, 0.717) is 28.3 Å². The third-order valence-corrected chi connectivity index (χ3v) is 6.78. The number of carbonyl (C=O) groups excluding carboxylic acids is 3. The molecule has 3 rings (SSSR count). The van der Waals surface area contributed by atoms with Crippen molar-refractivity contribution in [1.82, 2.24) is 10.2 Å². The first kappa shape index (κ1) is 32.2. The van der Waals surface area contributed by atoms with Gasteiger partial charge in [-0.15, -0.1) is 6.42 Å². The molecule has 3 aromatic rings. The van der Waals surface area contributed by atoms with Crippen molar-refractivity contribution in [3.63, 3.8) is 0 Å². The largest absolute Gasteiger partial charge is 0.444 e. The van der Waals surface area contributed by atoms with E-state index in [0.717, 1.165) is 11.1 Å². The van der Waals surface area contributed by atoms with Crippen LogP contribution in [0.3, 0.4) is 0 Å². The second-order valence-electron chi connectivity index (χ2n) is 11.0. The average molecular weight is 588 g/mol. The first-order valence-electron chi connectivity index (χ1n) is 13.9. The van der Waals surface area contributed by atoms with E-state index in [-0.39, 0.29) is 13.0 Å². The smallest absolute Gasteiger partial charge is 0.408 e. The number of para-hydroxylation sites is 1. The Bertz CT molecular complexity index is 1420. The number of hydrogen-bond acceptors (Lipinski definition) is 4. The Labute approximate surface area is 253 Å². The van der Waals surface area contributed by atoms with Crippen LogP contribution in [0, 0.1) is 19.3 Å². The van der Waals surface area contributed by atoms with Gasteiger partial charge in [-0.05, 0) is 62.9 Å². The molecular formula is C34H38ClN3O4. The van der Waals surface area contributed by atoms with Gasteiger partial charge < -0.3 is 20.3 Å². The van der Waals surface area contributed by atoms with Crippen LogP contribution >= 0.6 is 11.6 Å². The van der Waals surface area contributed by atoms with Crippen molar-refractivity contribution in [1.29, 1.82) is 0 Å². The Balaban J connectivity index is 2.11. The maximum Gasteiger partial charge on any atom is 0.408 e. The fraction of sp³-hybridized carbons (Fsp3) is 0.324. The summed E-state index contributed by atoms with van der Waals surface area (Å²) in [5.41, 5.74) is 2.24. The third-order valence-electron chi connectivity index (χ3n) is 6.46. The van der Waals surface area contributed by atoms with Gasteiger partial charge in [-0.3, -0.25) is 9.59 Å².